The van der Waals surface area contributed by atoms with Crippen LogP contribution in [0.1, 0.15) is 6.92 Å². The highest BCUT2D eigenvalue weighted by Gasteiger charge is 2.34. The van der Waals surface area contributed by atoms with E-state index in [1.54, 1.807) is 21.4 Å². The summed E-state index contributed by atoms with van der Waals surface area (Å²) in [5, 5.41) is 0. The first-order chi connectivity index (χ1) is 4.84. The Morgan fingerprint density at radius 2 is 1.82 bits per heavy atom. The number of hydrogen-bond donors (Lipinski definition) is 2. The molecule has 0 saturated carbocycles. The molecule has 0 aliphatic heterocycles. The minimum atomic E-state index is -3.66. The number of carbonyl (C=O) groups is 2. The average Bonchev–Trinajstić information content (AvgIpc) is 1.80. The molecule has 0 heterocycles. The molecule has 0 rings (SSSR count). The molecule has 2 amide bonds. The van der Waals surface area contributed by atoms with Crippen molar-refractivity contribution in [3.63, 3.8) is 0 Å². The van der Waals surface area contributed by atoms with Gasteiger partial charge in [0.15, 0.2) is 0 Å². The molecule has 0 saturated heterocycles. The van der Waals surface area contributed by atoms with E-state index in [4.69, 9.17) is 0 Å². The van der Waals surface area contributed by atoms with Crippen molar-refractivity contribution in [3.8, 4) is 0 Å². The molecular weight excluding hydrogens is 226 g/mol. The Balaban J connectivity index is 3.80. The molecule has 0 fully saturated rings. The molecule has 0 atom stereocenters. The minimum absolute atomic E-state index is 0.630. The number of amides is 2. The quantitative estimate of drug-likeness (QED) is 0.498. The van der Waals surface area contributed by atoms with Gasteiger partial charge >= 0.3 is 10.7 Å². The maximum absolute atomic E-state index is 11.9. The summed E-state index contributed by atoms with van der Waals surface area (Å²) >= 11 is 1.80. The summed E-state index contributed by atoms with van der Waals surface area (Å²) in [5.74, 6) is -2.25. The van der Waals surface area contributed by atoms with E-state index in [0.717, 1.165) is 6.92 Å². The SMILES string of the molecule is CC(=O)NNC(=O)C(F)(F)Br. The van der Waals surface area contributed by atoms with Gasteiger partial charge in [-0.2, -0.15) is 8.78 Å². The van der Waals surface area contributed by atoms with Crippen LogP contribution in [0.5, 0.6) is 0 Å². The van der Waals surface area contributed by atoms with E-state index >= 15 is 0 Å². The molecule has 64 valence electrons. The van der Waals surface area contributed by atoms with Crippen LogP contribution in [-0.2, 0) is 9.59 Å². The number of nitrogens with one attached hydrogen (secondary N) is 2. The number of carbonyl (C=O) groups excluding carboxylic acids is 2. The van der Waals surface area contributed by atoms with Crippen molar-refractivity contribution >= 4 is 27.7 Å². The van der Waals surface area contributed by atoms with Gasteiger partial charge < -0.3 is 0 Å². The van der Waals surface area contributed by atoms with Gasteiger partial charge in [-0.15, -0.1) is 0 Å². The molecule has 11 heavy (non-hydrogen) atoms. The maximum atomic E-state index is 11.9. The fraction of sp³-hybridized carbons (Fsp3) is 0.500. The van der Waals surface area contributed by atoms with Gasteiger partial charge in [0.1, 0.15) is 0 Å². The summed E-state index contributed by atoms with van der Waals surface area (Å²) in [6.45, 7) is 1.08. The maximum Gasteiger partial charge on any atom is 0.379 e. The predicted molar refractivity (Wildman–Crippen MR) is 35.8 cm³/mol. The molecule has 0 aromatic heterocycles. The first-order valence-electron chi connectivity index (χ1n) is 2.48. The third-order valence-electron chi connectivity index (χ3n) is 0.610. The molecule has 0 unspecified atom stereocenters. The van der Waals surface area contributed by atoms with Crippen molar-refractivity contribution in [2.75, 3.05) is 0 Å². The summed E-state index contributed by atoms with van der Waals surface area (Å²) in [4.78, 5) is 16.7. The Kier molecular flexibility index (Phi) is 3.37. The topological polar surface area (TPSA) is 58.2 Å². The van der Waals surface area contributed by atoms with Crippen molar-refractivity contribution in [2.24, 2.45) is 0 Å². The Morgan fingerprint density at radius 1 is 1.36 bits per heavy atom. The molecular formula is C4H5BrF2N2O2. The first-order valence-corrected chi connectivity index (χ1v) is 3.27. The third-order valence-corrected chi connectivity index (χ3v) is 0.970. The van der Waals surface area contributed by atoms with E-state index in [0.29, 0.717) is 0 Å². The highest BCUT2D eigenvalue weighted by Crippen LogP contribution is 2.20. The van der Waals surface area contributed by atoms with Crippen molar-refractivity contribution in [1.82, 2.24) is 10.9 Å². The molecule has 7 heteroatoms. The van der Waals surface area contributed by atoms with Gasteiger partial charge in [0, 0.05) is 22.9 Å². The van der Waals surface area contributed by atoms with Crippen molar-refractivity contribution in [2.45, 2.75) is 11.8 Å². The number of alkyl halides is 3. The number of halogens is 3. The zero-order chi connectivity index (χ0) is 9.07. The summed E-state index contributed by atoms with van der Waals surface area (Å²) in [5.41, 5.74) is 3.19. The van der Waals surface area contributed by atoms with Crippen LogP contribution < -0.4 is 10.9 Å². The molecule has 0 aliphatic carbocycles. The third kappa shape index (κ3) is 4.65. The Morgan fingerprint density at radius 3 is 2.09 bits per heavy atom. The highest BCUT2D eigenvalue weighted by atomic mass is 79.9. The lowest BCUT2D eigenvalue weighted by atomic mass is 10.6. The zero-order valence-corrected chi connectivity index (χ0v) is 7.04. The van der Waals surface area contributed by atoms with Gasteiger partial charge in [0.25, 0.3) is 0 Å². The second-order valence-electron chi connectivity index (χ2n) is 1.63. The van der Waals surface area contributed by atoms with Crippen LogP contribution in [0.2, 0.25) is 0 Å². The van der Waals surface area contributed by atoms with E-state index in [-0.39, 0.29) is 0 Å². The number of hydrogen-bond acceptors (Lipinski definition) is 2. The van der Waals surface area contributed by atoms with Crippen LogP contribution in [-0.4, -0.2) is 16.6 Å². The summed E-state index contributed by atoms with van der Waals surface area (Å²) in [7, 11) is 0. The van der Waals surface area contributed by atoms with Crippen LogP contribution in [0.4, 0.5) is 8.78 Å². The minimum Gasteiger partial charge on any atom is -0.274 e. The van der Waals surface area contributed by atoms with Crippen molar-refractivity contribution < 1.29 is 18.4 Å². The van der Waals surface area contributed by atoms with E-state index in [9.17, 15) is 18.4 Å². The fourth-order valence-electron chi connectivity index (χ4n) is 0.216. The van der Waals surface area contributed by atoms with Gasteiger partial charge in [0.05, 0.1) is 0 Å². The van der Waals surface area contributed by atoms with E-state index in [1.807, 2.05) is 0 Å². The van der Waals surface area contributed by atoms with Crippen LogP contribution in [0.25, 0.3) is 0 Å². The predicted octanol–water partition coefficient (Wildman–Crippen LogP) is 0.141. The first kappa shape index (κ1) is 10.3. The Labute approximate surface area is 69.4 Å². The normalized spacial score (nSPS) is 10.5. The van der Waals surface area contributed by atoms with E-state index < -0.39 is 16.6 Å². The Hall–Kier alpha value is -0.720. The van der Waals surface area contributed by atoms with Crippen LogP contribution >= 0.6 is 15.9 Å². The lowest BCUT2D eigenvalue weighted by Crippen LogP contribution is -2.46. The van der Waals surface area contributed by atoms with Crippen molar-refractivity contribution in [3.05, 3.63) is 0 Å². The second kappa shape index (κ2) is 3.61. The summed E-state index contributed by atoms with van der Waals surface area (Å²) < 4.78 is 23.8. The molecule has 4 nitrogen and oxygen atoms in total. The molecule has 2 N–H and O–H groups in total. The van der Waals surface area contributed by atoms with E-state index in [1.165, 1.54) is 5.43 Å². The molecule has 0 aliphatic rings. The molecule has 0 bridgehead atoms. The summed E-state index contributed by atoms with van der Waals surface area (Å²) in [6.07, 6.45) is 0. The van der Waals surface area contributed by atoms with Gasteiger partial charge in [0.2, 0.25) is 5.91 Å². The molecule has 0 radical (unpaired) electrons. The van der Waals surface area contributed by atoms with Crippen LogP contribution in [0, 0.1) is 0 Å². The standard InChI is InChI=1S/C4H5BrF2N2O2/c1-2(10)8-9-3(11)4(5,6)7/h1H3,(H,8,10)(H,9,11). The number of rotatable bonds is 1. The van der Waals surface area contributed by atoms with Crippen molar-refractivity contribution in [1.29, 1.82) is 0 Å². The largest absolute Gasteiger partial charge is 0.379 e. The second-order valence-corrected chi connectivity index (χ2v) is 2.63. The lowest BCUT2D eigenvalue weighted by molar-refractivity contribution is -0.137. The summed E-state index contributed by atoms with van der Waals surface area (Å²) in [6, 6.07) is 0. The van der Waals surface area contributed by atoms with Crippen LogP contribution in [0.3, 0.4) is 0 Å². The Bertz CT molecular complexity index is 179. The molecule has 0 aromatic carbocycles. The molecule has 0 aromatic rings. The van der Waals surface area contributed by atoms with Gasteiger partial charge in [-0.05, 0) is 0 Å². The lowest BCUT2D eigenvalue weighted by Gasteiger charge is -2.08. The highest BCUT2D eigenvalue weighted by molar-refractivity contribution is 9.10. The van der Waals surface area contributed by atoms with E-state index in [2.05, 4.69) is 0 Å². The monoisotopic (exact) mass is 230 g/mol. The van der Waals surface area contributed by atoms with Gasteiger partial charge in [-0.3, -0.25) is 20.4 Å². The average molecular weight is 231 g/mol. The molecule has 0 spiro atoms. The van der Waals surface area contributed by atoms with Crippen LogP contribution in [0.15, 0.2) is 0 Å². The number of hydrazine groups is 1. The van der Waals surface area contributed by atoms with Gasteiger partial charge in [-0.25, -0.2) is 0 Å². The smallest absolute Gasteiger partial charge is 0.274 e. The zero-order valence-electron chi connectivity index (χ0n) is 5.45. The fourth-order valence-corrected chi connectivity index (χ4v) is 0.315. The van der Waals surface area contributed by atoms with Gasteiger partial charge in [-0.1, -0.05) is 0 Å².